The molecule has 0 atom stereocenters. The molecule has 32 heavy (non-hydrogen) atoms. The number of amidine groups is 1. The Labute approximate surface area is 187 Å². The lowest BCUT2D eigenvalue weighted by molar-refractivity contribution is 0.0200. The van der Waals surface area contributed by atoms with Crippen LogP contribution >= 0.6 is 0 Å². The summed E-state index contributed by atoms with van der Waals surface area (Å²) in [5.74, 6) is -0.270. The van der Waals surface area contributed by atoms with Crippen LogP contribution in [0.25, 0.3) is 21.7 Å². The fourth-order valence-electron chi connectivity index (χ4n) is 4.76. The molecule has 0 amide bonds. The SMILES string of the molecule is N=C(N)c1ccc2cc(C(=O)OC3CCCCC3)n(Cc3cccc4ccccc34)c2c1. The van der Waals surface area contributed by atoms with Gasteiger partial charge in [0.15, 0.2) is 0 Å². The first-order valence-corrected chi connectivity index (χ1v) is 11.3. The smallest absolute Gasteiger partial charge is 0.355 e. The highest BCUT2D eigenvalue weighted by Gasteiger charge is 2.23. The third kappa shape index (κ3) is 3.86. The second-order valence-corrected chi connectivity index (χ2v) is 8.61. The number of nitrogens with one attached hydrogen (secondary N) is 1. The van der Waals surface area contributed by atoms with Gasteiger partial charge in [0.05, 0.1) is 0 Å². The Balaban J connectivity index is 1.60. The van der Waals surface area contributed by atoms with Crippen LogP contribution in [0.1, 0.15) is 53.7 Å². The van der Waals surface area contributed by atoms with Crippen LogP contribution in [0.3, 0.4) is 0 Å². The van der Waals surface area contributed by atoms with Crippen molar-refractivity contribution in [2.24, 2.45) is 5.73 Å². The molecule has 5 heteroatoms. The molecule has 0 saturated heterocycles. The highest BCUT2D eigenvalue weighted by Crippen LogP contribution is 2.28. The van der Waals surface area contributed by atoms with Gasteiger partial charge < -0.3 is 15.0 Å². The molecule has 3 aromatic carbocycles. The lowest BCUT2D eigenvalue weighted by atomic mass is 9.98. The van der Waals surface area contributed by atoms with Gasteiger partial charge in [-0.3, -0.25) is 5.41 Å². The Morgan fingerprint density at radius 1 is 0.969 bits per heavy atom. The van der Waals surface area contributed by atoms with Gasteiger partial charge in [-0.1, -0.05) is 61.0 Å². The zero-order chi connectivity index (χ0) is 22.1. The van der Waals surface area contributed by atoms with E-state index in [0.29, 0.717) is 17.8 Å². The van der Waals surface area contributed by atoms with E-state index in [-0.39, 0.29) is 17.9 Å². The Morgan fingerprint density at radius 2 is 1.75 bits per heavy atom. The Bertz CT molecular complexity index is 1310. The lowest BCUT2D eigenvalue weighted by Gasteiger charge is -2.22. The fraction of sp³-hybridized carbons (Fsp3) is 0.259. The number of esters is 1. The summed E-state index contributed by atoms with van der Waals surface area (Å²) < 4.78 is 7.93. The molecule has 1 aliphatic rings. The minimum atomic E-state index is -0.280. The number of benzene rings is 3. The maximum atomic E-state index is 13.3. The number of nitrogen functional groups attached to an aromatic ring is 1. The number of carbonyl (C=O) groups is 1. The molecule has 162 valence electrons. The highest BCUT2D eigenvalue weighted by molar-refractivity contribution is 6.01. The van der Waals surface area contributed by atoms with Crippen LogP contribution in [-0.4, -0.2) is 22.5 Å². The molecule has 4 aromatic rings. The van der Waals surface area contributed by atoms with Gasteiger partial charge in [-0.25, -0.2) is 4.79 Å². The molecular formula is C27H27N3O2. The zero-order valence-electron chi connectivity index (χ0n) is 18.0. The van der Waals surface area contributed by atoms with Crippen molar-refractivity contribution in [3.63, 3.8) is 0 Å². The van der Waals surface area contributed by atoms with Gasteiger partial charge in [0, 0.05) is 23.0 Å². The quantitative estimate of drug-likeness (QED) is 0.247. The van der Waals surface area contributed by atoms with Crippen LogP contribution in [0.4, 0.5) is 0 Å². The Kier molecular flexibility index (Phi) is 5.39. The summed E-state index contributed by atoms with van der Waals surface area (Å²) in [4.78, 5) is 13.3. The molecule has 3 N–H and O–H groups in total. The molecule has 1 fully saturated rings. The summed E-state index contributed by atoms with van der Waals surface area (Å²) in [5, 5.41) is 11.1. The maximum Gasteiger partial charge on any atom is 0.355 e. The summed E-state index contributed by atoms with van der Waals surface area (Å²) in [6.07, 6.45) is 5.29. The number of ether oxygens (including phenoxy) is 1. The van der Waals surface area contributed by atoms with Crippen molar-refractivity contribution in [3.05, 3.63) is 83.6 Å². The van der Waals surface area contributed by atoms with Crippen molar-refractivity contribution in [2.75, 3.05) is 0 Å². The van der Waals surface area contributed by atoms with Gasteiger partial charge in [0.25, 0.3) is 0 Å². The van der Waals surface area contributed by atoms with Gasteiger partial charge in [-0.05, 0) is 54.2 Å². The molecule has 1 aliphatic carbocycles. The maximum absolute atomic E-state index is 13.3. The van der Waals surface area contributed by atoms with E-state index < -0.39 is 0 Å². The first-order chi connectivity index (χ1) is 15.6. The van der Waals surface area contributed by atoms with Crippen molar-refractivity contribution < 1.29 is 9.53 Å². The predicted octanol–water partition coefficient (Wildman–Crippen LogP) is 5.62. The molecule has 1 heterocycles. The van der Waals surface area contributed by atoms with Crippen LogP contribution in [0.2, 0.25) is 0 Å². The number of hydrogen-bond acceptors (Lipinski definition) is 3. The van der Waals surface area contributed by atoms with E-state index in [2.05, 4.69) is 24.3 Å². The standard InChI is InChI=1S/C27H27N3O2/c28-26(29)20-14-13-19-15-25(27(31)32-22-10-2-1-3-11-22)30(24(19)16-20)17-21-9-6-8-18-7-4-5-12-23(18)21/h4-9,12-16,22H,1-3,10-11,17H2,(H3,28,29). The van der Waals surface area contributed by atoms with Gasteiger partial charge in [0.2, 0.25) is 0 Å². The van der Waals surface area contributed by atoms with Crippen molar-refractivity contribution >= 4 is 33.5 Å². The fourth-order valence-corrected chi connectivity index (χ4v) is 4.76. The number of fused-ring (bicyclic) bond motifs is 2. The first kappa shape index (κ1) is 20.3. The normalized spacial score (nSPS) is 14.6. The number of rotatable bonds is 5. The largest absolute Gasteiger partial charge is 0.458 e. The summed E-state index contributed by atoms with van der Waals surface area (Å²) in [5.41, 5.74) is 8.94. The number of nitrogens with zero attached hydrogens (tertiary/aromatic N) is 1. The molecule has 1 saturated carbocycles. The average Bonchev–Trinajstić information content (AvgIpc) is 3.18. The molecule has 0 radical (unpaired) electrons. The van der Waals surface area contributed by atoms with E-state index in [1.54, 1.807) is 0 Å². The third-order valence-electron chi connectivity index (χ3n) is 6.46. The van der Waals surface area contributed by atoms with Gasteiger partial charge >= 0.3 is 5.97 Å². The number of aromatic nitrogens is 1. The molecule has 5 rings (SSSR count). The summed E-state index contributed by atoms with van der Waals surface area (Å²) >= 11 is 0. The Hall–Kier alpha value is -3.60. The van der Waals surface area contributed by atoms with E-state index >= 15 is 0 Å². The van der Waals surface area contributed by atoms with Crippen LogP contribution < -0.4 is 5.73 Å². The predicted molar refractivity (Wildman–Crippen MR) is 128 cm³/mol. The van der Waals surface area contributed by atoms with Crippen LogP contribution in [-0.2, 0) is 11.3 Å². The molecule has 0 bridgehead atoms. The van der Waals surface area contributed by atoms with E-state index in [1.165, 1.54) is 6.42 Å². The van der Waals surface area contributed by atoms with Crippen molar-refractivity contribution in [1.29, 1.82) is 5.41 Å². The van der Waals surface area contributed by atoms with E-state index in [1.807, 2.05) is 47.0 Å². The molecule has 0 aliphatic heterocycles. The van der Waals surface area contributed by atoms with E-state index in [9.17, 15) is 4.79 Å². The average molecular weight is 426 g/mol. The summed E-state index contributed by atoms with van der Waals surface area (Å²) in [6.45, 7) is 0.529. The minimum absolute atomic E-state index is 0.00644. The number of hydrogen-bond donors (Lipinski definition) is 2. The molecular weight excluding hydrogens is 398 g/mol. The van der Waals surface area contributed by atoms with Crippen LogP contribution in [0.15, 0.2) is 66.7 Å². The first-order valence-electron chi connectivity index (χ1n) is 11.3. The topological polar surface area (TPSA) is 81.1 Å². The van der Waals surface area contributed by atoms with Gasteiger partial charge in [-0.2, -0.15) is 0 Å². The highest BCUT2D eigenvalue weighted by atomic mass is 16.5. The second kappa shape index (κ2) is 8.50. The molecule has 0 unspecified atom stereocenters. The summed E-state index contributed by atoms with van der Waals surface area (Å²) in [7, 11) is 0. The number of carbonyl (C=O) groups excluding carboxylic acids is 1. The minimum Gasteiger partial charge on any atom is -0.458 e. The zero-order valence-corrected chi connectivity index (χ0v) is 18.0. The third-order valence-corrected chi connectivity index (χ3v) is 6.46. The van der Waals surface area contributed by atoms with Crippen LogP contribution in [0, 0.1) is 5.41 Å². The van der Waals surface area contributed by atoms with Crippen LogP contribution in [0.5, 0.6) is 0 Å². The number of nitrogens with two attached hydrogens (primary N) is 1. The molecule has 0 spiro atoms. The summed E-state index contributed by atoms with van der Waals surface area (Å²) in [6, 6.07) is 22.0. The van der Waals surface area contributed by atoms with Gasteiger partial charge in [-0.15, -0.1) is 0 Å². The molecule has 1 aromatic heterocycles. The molecule has 5 nitrogen and oxygen atoms in total. The Morgan fingerprint density at radius 3 is 2.56 bits per heavy atom. The van der Waals surface area contributed by atoms with Crippen molar-refractivity contribution in [3.8, 4) is 0 Å². The van der Waals surface area contributed by atoms with Crippen molar-refractivity contribution in [2.45, 2.75) is 44.8 Å². The van der Waals surface area contributed by atoms with E-state index in [4.69, 9.17) is 15.9 Å². The van der Waals surface area contributed by atoms with Crippen molar-refractivity contribution in [1.82, 2.24) is 4.57 Å². The van der Waals surface area contributed by atoms with Gasteiger partial charge in [0.1, 0.15) is 17.6 Å². The second-order valence-electron chi connectivity index (χ2n) is 8.61. The lowest BCUT2D eigenvalue weighted by Crippen LogP contribution is -2.23. The monoisotopic (exact) mass is 425 g/mol. The van der Waals surface area contributed by atoms with E-state index in [0.717, 1.165) is 52.9 Å².